The number of carbonyl (C=O) groups is 3. The Morgan fingerprint density at radius 2 is 0.728 bits per heavy atom. The van der Waals surface area contributed by atoms with E-state index in [9.17, 15) is 19.5 Å². The number of hydrogen-bond acceptors (Lipinski definition) is 16. The fraction of sp³-hybridized carbons (Fsp3) is 0.125. The Bertz CT molecular complexity index is 4260. The van der Waals surface area contributed by atoms with Gasteiger partial charge in [-0.1, -0.05) is 182 Å². The molecule has 3 aromatic heterocycles. The van der Waals surface area contributed by atoms with Crippen molar-refractivity contribution in [3.63, 3.8) is 0 Å². The van der Waals surface area contributed by atoms with Crippen molar-refractivity contribution in [2.75, 3.05) is 51.6 Å². The van der Waals surface area contributed by atoms with Gasteiger partial charge in [-0.3, -0.25) is 0 Å². The number of ether oxygens (including phenoxy) is 2. The topological polar surface area (TPSA) is 268 Å². The van der Waals surface area contributed by atoms with Crippen LogP contribution in [0.4, 0.5) is 11.6 Å². The quantitative estimate of drug-likeness (QED) is 0.0444. The largest absolute Gasteiger partial charge is 1.00 e. The minimum atomic E-state index is -0.977. The first-order valence-electron chi connectivity index (χ1n) is 28.5. The summed E-state index contributed by atoms with van der Waals surface area (Å²) in [6.07, 6.45) is 2.71. The van der Waals surface area contributed by atoms with Crippen LogP contribution in [0.1, 0.15) is 47.8 Å². The van der Waals surface area contributed by atoms with E-state index in [2.05, 4.69) is 77.9 Å². The van der Waals surface area contributed by atoms with Crippen LogP contribution >= 0.6 is 28.3 Å². The van der Waals surface area contributed by atoms with E-state index >= 15 is 0 Å². The van der Waals surface area contributed by atoms with E-state index in [1.54, 1.807) is 54.6 Å². The van der Waals surface area contributed by atoms with Crippen molar-refractivity contribution in [3.05, 3.63) is 275 Å². The van der Waals surface area contributed by atoms with Crippen LogP contribution in [0.25, 0.3) is 66.9 Å². The van der Waals surface area contributed by atoms with E-state index < -0.39 is 5.97 Å². The van der Waals surface area contributed by atoms with Crippen LogP contribution in [-0.2, 0) is 28.7 Å². The van der Waals surface area contributed by atoms with Crippen LogP contribution < -0.4 is 45.9 Å². The summed E-state index contributed by atoms with van der Waals surface area (Å²) in [4.78, 5) is 62.8. The summed E-state index contributed by atoms with van der Waals surface area (Å²) < 4.78 is 10.2. The Labute approximate surface area is 570 Å². The molecular formula is C72H68BrClN9NaO8. The number of fused-ring (bicyclic) bond motifs is 3. The van der Waals surface area contributed by atoms with Crippen molar-refractivity contribution in [2.24, 2.45) is 5.73 Å². The summed E-state index contributed by atoms with van der Waals surface area (Å²) >= 11 is 3.44. The number of carbonyl (C=O) groups excluding carboxylic acids is 2. The molecule has 12 aromatic rings. The summed E-state index contributed by atoms with van der Waals surface area (Å²) in [7, 11) is 3.72. The van der Waals surface area contributed by atoms with Crippen LogP contribution in [0.2, 0.25) is 0 Å². The van der Waals surface area contributed by atoms with E-state index in [-0.39, 0.29) is 64.9 Å². The maximum atomic E-state index is 11.9. The Kier molecular flexibility index (Phi) is 30.6. The third-order valence-electron chi connectivity index (χ3n) is 13.6. The van der Waals surface area contributed by atoms with E-state index in [1.165, 1.54) is 30.9 Å². The van der Waals surface area contributed by atoms with E-state index in [0.717, 1.165) is 84.3 Å². The molecule has 92 heavy (non-hydrogen) atoms. The van der Waals surface area contributed by atoms with E-state index in [4.69, 9.17) is 35.3 Å². The molecule has 0 unspecified atom stereocenters. The number of nitrogens with two attached hydrogens (primary N) is 1. The van der Waals surface area contributed by atoms with Gasteiger partial charge in [0, 0.05) is 36.9 Å². The summed E-state index contributed by atoms with van der Waals surface area (Å²) in [6.45, 7) is 2.16. The summed E-state index contributed by atoms with van der Waals surface area (Å²) in [5, 5.41) is 23.1. The molecule has 0 amide bonds. The number of aliphatic hydroxyl groups is 1. The molecule has 9 aromatic carbocycles. The number of aliphatic hydroxyl groups excluding tert-OH is 1. The van der Waals surface area contributed by atoms with E-state index in [1.807, 2.05) is 146 Å². The zero-order chi connectivity index (χ0) is 62.7. The molecule has 0 spiro atoms. The number of nitrogens with one attached hydrogen (secondary N) is 2. The van der Waals surface area contributed by atoms with Gasteiger partial charge in [0.25, 0.3) is 0 Å². The third kappa shape index (κ3) is 20.9. The molecule has 3 heterocycles. The zero-order valence-corrected chi connectivity index (χ0v) is 55.6. The maximum Gasteiger partial charge on any atom is 1.00 e. The van der Waals surface area contributed by atoms with E-state index in [0.29, 0.717) is 56.0 Å². The smallest absolute Gasteiger partial charge is 0.870 e. The van der Waals surface area contributed by atoms with Crippen LogP contribution in [-0.4, -0.2) is 104 Å². The number of benzene rings is 9. The molecule has 20 heteroatoms. The molecule has 0 aliphatic rings. The molecule has 0 aliphatic carbocycles. The number of carboxylic acid groups (broad SMARTS) is 1. The number of rotatable bonds is 16. The van der Waals surface area contributed by atoms with Gasteiger partial charge >= 0.3 is 47.5 Å². The van der Waals surface area contributed by atoms with Crippen LogP contribution in [0.3, 0.4) is 0 Å². The van der Waals surface area contributed by atoms with Gasteiger partial charge in [0.2, 0.25) is 0 Å². The standard InChI is InChI=1S/C24H21N3O2.C23H19N3O2.C16H11BrN2O2.C8H11N.CH4O.ClH.Na.H2O/c1-29-24(28)19-12-13-20-21(16-19)27-23(22(26-20)18-10-6-3-7-11-18)25-15-14-17-8-4-2-5-9-17;27-23(28)18-11-12-19-20(15-18)26-22(21(25-19)17-9-5-2-6-10-17)24-14-13-16-7-3-1-4-8-16;1-21-16(20)11-7-8-12-13(9-11)19-15(17)14(18-12)10-5-3-2-4-6-10;9-7-6-8-4-2-1-3-5-8;1-2;;;/h2-13,16H,14-15H2,1H3,(H,25,27);1-12,15H,13-14H2,(H,24,26)(H,27,28);2-9H,1H3;1-5H,6-7,9H2;2H,1H3;1H;;1H2/q;;;;;;+1;/p-1. The van der Waals surface area contributed by atoms with Gasteiger partial charge in [-0.05, 0) is 113 Å². The molecule has 12 rings (SSSR count). The van der Waals surface area contributed by atoms with Gasteiger partial charge in [0.15, 0.2) is 11.6 Å². The average molecular weight is 1330 g/mol. The number of halogens is 2. The Morgan fingerprint density at radius 3 is 1.08 bits per heavy atom. The van der Waals surface area contributed by atoms with Crippen molar-refractivity contribution in [2.45, 2.75) is 19.3 Å². The second-order valence-electron chi connectivity index (χ2n) is 19.6. The molecule has 7 N–H and O–H groups in total. The first-order valence-corrected chi connectivity index (χ1v) is 29.3. The molecule has 0 saturated carbocycles. The number of nitrogens with zero attached hydrogens (tertiary/aromatic N) is 6. The molecule has 0 aliphatic heterocycles. The number of anilines is 2. The molecule has 0 radical (unpaired) electrons. The predicted molar refractivity (Wildman–Crippen MR) is 366 cm³/mol. The molecule has 17 nitrogen and oxygen atoms in total. The molecule has 0 fully saturated rings. The van der Waals surface area contributed by atoms with Crippen molar-refractivity contribution in [3.8, 4) is 33.8 Å². The monoisotopic (exact) mass is 1320 g/mol. The first-order chi connectivity index (χ1) is 43.6. The molecule has 0 bridgehead atoms. The number of methoxy groups -OCH3 is 2. The number of carboxylic acids is 1. The minimum absolute atomic E-state index is 0. The van der Waals surface area contributed by atoms with Crippen molar-refractivity contribution >= 4 is 91.0 Å². The van der Waals surface area contributed by atoms with Crippen LogP contribution in [0, 0.1) is 0 Å². The second-order valence-corrected chi connectivity index (χ2v) is 20.3. The fourth-order valence-electron chi connectivity index (χ4n) is 9.14. The van der Waals surface area contributed by atoms with Gasteiger partial charge in [0.1, 0.15) is 21.7 Å². The van der Waals surface area contributed by atoms with Crippen molar-refractivity contribution in [1.29, 1.82) is 0 Å². The molecule has 464 valence electrons. The Hall–Kier alpha value is -9.34. The number of hydrogen-bond donors (Lipinski definition) is 5. The number of esters is 2. The average Bonchev–Trinajstić information content (AvgIpc) is 0.826. The van der Waals surface area contributed by atoms with Crippen molar-refractivity contribution in [1.82, 2.24) is 29.9 Å². The van der Waals surface area contributed by atoms with Crippen molar-refractivity contribution < 1.29 is 69.1 Å². The van der Waals surface area contributed by atoms with Gasteiger partial charge in [-0.15, -0.1) is 12.4 Å². The van der Waals surface area contributed by atoms with Gasteiger partial charge < -0.3 is 41.5 Å². The van der Waals surface area contributed by atoms with Gasteiger partial charge in [-0.2, -0.15) is 0 Å². The molecule has 0 atom stereocenters. The number of aromatic carboxylic acids is 1. The normalized spacial score (nSPS) is 10.0. The maximum absolute atomic E-state index is 11.9. The summed E-state index contributed by atoms with van der Waals surface area (Å²) in [5.74, 6) is -0.408. The predicted octanol–water partition coefficient (Wildman–Crippen LogP) is 11.3. The molecular weight excluding hydrogens is 1260 g/mol. The fourth-order valence-corrected chi connectivity index (χ4v) is 9.64. The zero-order valence-electron chi connectivity index (χ0n) is 51.2. The van der Waals surface area contributed by atoms with Gasteiger partial charge in [0.05, 0.1) is 64.0 Å². The van der Waals surface area contributed by atoms with Gasteiger partial charge in [-0.25, -0.2) is 44.3 Å². The second kappa shape index (κ2) is 38.4. The summed E-state index contributed by atoms with van der Waals surface area (Å²) in [5.41, 5.74) is 19.5. The number of aromatic nitrogens is 6. The first kappa shape index (κ1) is 73.4. The third-order valence-corrected chi connectivity index (χ3v) is 14.1. The molecule has 0 saturated heterocycles. The SMILES string of the molecule is CO.COC(=O)c1ccc2nc(-c3ccccc3)c(Br)nc2c1.COC(=O)c1ccc2nc(-c3ccccc3)c(NCCc3ccccc3)nc2c1.Cl.NCCc1ccccc1.O=C(O)c1ccc2nc(-c3ccccc3)c(NCCc3ccccc3)nc2c1.[Na+].[OH-]. The van der Waals surface area contributed by atoms with Crippen LogP contribution in [0.15, 0.2) is 241 Å². The summed E-state index contributed by atoms with van der Waals surface area (Å²) in [6, 6.07) is 75.6. The van der Waals surface area contributed by atoms with Crippen LogP contribution in [0.5, 0.6) is 0 Å². The Morgan fingerprint density at radius 1 is 0.424 bits per heavy atom. The Balaban J connectivity index is 0.000000230. The minimum Gasteiger partial charge on any atom is -0.870 e.